The highest BCUT2D eigenvalue weighted by atomic mass is 16.5. The second-order valence-electron chi connectivity index (χ2n) is 3.73. The molecule has 78 valence electrons. The number of benzene rings is 2. The SMILES string of the molecule is Oc1cccc2cc3ccccc3[n+](O)c12. The van der Waals surface area contributed by atoms with E-state index >= 15 is 0 Å². The molecule has 0 unspecified atom stereocenters. The number of hydrogen-bond acceptors (Lipinski definition) is 2. The number of phenols is 1. The number of phenolic OH excluding ortho intramolecular Hbond substituents is 1. The summed E-state index contributed by atoms with van der Waals surface area (Å²) in [5, 5.41) is 21.5. The van der Waals surface area contributed by atoms with Crippen LogP contribution < -0.4 is 4.73 Å². The predicted molar refractivity (Wildman–Crippen MR) is 60.5 cm³/mol. The molecule has 0 aliphatic rings. The van der Waals surface area contributed by atoms with Gasteiger partial charge in [-0.1, -0.05) is 18.2 Å². The van der Waals surface area contributed by atoms with E-state index in [1.165, 1.54) is 0 Å². The zero-order chi connectivity index (χ0) is 11.1. The summed E-state index contributed by atoms with van der Waals surface area (Å²) in [6, 6.07) is 14.6. The molecule has 2 N–H and O–H groups in total. The van der Waals surface area contributed by atoms with Crippen LogP contribution in [0.4, 0.5) is 0 Å². The molecule has 3 nitrogen and oxygen atoms in total. The molecular weight excluding hydrogens is 202 g/mol. The smallest absolute Gasteiger partial charge is 0.306 e. The van der Waals surface area contributed by atoms with Crippen LogP contribution in [0.25, 0.3) is 21.8 Å². The maximum Gasteiger partial charge on any atom is 0.306 e. The molecule has 1 heterocycles. The summed E-state index contributed by atoms with van der Waals surface area (Å²) in [4.78, 5) is 0. The van der Waals surface area contributed by atoms with Crippen LogP contribution >= 0.6 is 0 Å². The molecule has 3 aromatic rings. The van der Waals surface area contributed by atoms with Crippen LogP contribution in [0, 0.1) is 0 Å². The van der Waals surface area contributed by atoms with E-state index in [4.69, 9.17) is 0 Å². The Morgan fingerprint density at radius 3 is 2.50 bits per heavy atom. The van der Waals surface area contributed by atoms with Gasteiger partial charge in [0.25, 0.3) is 5.52 Å². The highest BCUT2D eigenvalue weighted by Crippen LogP contribution is 2.23. The van der Waals surface area contributed by atoms with Crippen LogP contribution in [0.5, 0.6) is 5.75 Å². The fourth-order valence-electron chi connectivity index (χ4n) is 1.99. The minimum Gasteiger partial charge on any atom is -0.502 e. The van der Waals surface area contributed by atoms with Crippen molar-refractivity contribution in [2.45, 2.75) is 0 Å². The van der Waals surface area contributed by atoms with Crippen molar-refractivity contribution in [3.63, 3.8) is 0 Å². The summed E-state index contributed by atoms with van der Waals surface area (Å²) in [7, 11) is 0. The third-order valence-electron chi connectivity index (χ3n) is 2.73. The van der Waals surface area contributed by atoms with E-state index < -0.39 is 0 Å². The highest BCUT2D eigenvalue weighted by molar-refractivity contribution is 5.90. The van der Waals surface area contributed by atoms with Crippen molar-refractivity contribution in [1.82, 2.24) is 0 Å². The Balaban J connectivity index is 2.62. The Bertz CT molecular complexity index is 692. The number of rotatable bonds is 0. The molecule has 3 heteroatoms. The lowest BCUT2D eigenvalue weighted by Crippen LogP contribution is -2.31. The molecule has 3 rings (SSSR count). The lowest BCUT2D eigenvalue weighted by atomic mass is 10.1. The fraction of sp³-hybridized carbons (Fsp3) is 0. The van der Waals surface area contributed by atoms with Crippen LogP contribution in [-0.4, -0.2) is 10.3 Å². The van der Waals surface area contributed by atoms with Crippen LogP contribution in [0.2, 0.25) is 0 Å². The van der Waals surface area contributed by atoms with Gasteiger partial charge in [-0.3, -0.25) is 5.21 Å². The largest absolute Gasteiger partial charge is 0.502 e. The first kappa shape index (κ1) is 8.97. The Labute approximate surface area is 91.8 Å². The van der Waals surface area contributed by atoms with Gasteiger partial charge < -0.3 is 5.11 Å². The van der Waals surface area contributed by atoms with Gasteiger partial charge in [-0.05, 0) is 24.3 Å². The summed E-state index contributed by atoms with van der Waals surface area (Å²) in [6.45, 7) is 0. The molecule has 0 radical (unpaired) electrons. The van der Waals surface area contributed by atoms with Crippen molar-refractivity contribution in [3.8, 4) is 5.75 Å². The molecule has 0 fully saturated rings. The summed E-state index contributed by atoms with van der Waals surface area (Å²) >= 11 is 0. The van der Waals surface area contributed by atoms with E-state index in [0.717, 1.165) is 15.5 Å². The Hall–Kier alpha value is -2.29. The van der Waals surface area contributed by atoms with Crippen molar-refractivity contribution in [1.29, 1.82) is 0 Å². The van der Waals surface area contributed by atoms with Crippen molar-refractivity contribution in [2.24, 2.45) is 0 Å². The molecule has 0 amide bonds. The van der Waals surface area contributed by atoms with Crippen LogP contribution in [-0.2, 0) is 0 Å². The first-order valence-corrected chi connectivity index (χ1v) is 5.02. The Morgan fingerprint density at radius 1 is 0.875 bits per heavy atom. The summed E-state index contributed by atoms with van der Waals surface area (Å²) in [6.07, 6.45) is 0. The fourth-order valence-corrected chi connectivity index (χ4v) is 1.99. The van der Waals surface area contributed by atoms with Gasteiger partial charge in [-0.2, -0.15) is 0 Å². The normalized spacial score (nSPS) is 11.0. The molecule has 0 aliphatic carbocycles. The van der Waals surface area contributed by atoms with Crippen molar-refractivity contribution in [2.75, 3.05) is 0 Å². The number of hydrogen-bond donors (Lipinski definition) is 2. The molecule has 0 saturated carbocycles. The van der Waals surface area contributed by atoms with Crippen molar-refractivity contribution in [3.05, 3.63) is 48.5 Å². The van der Waals surface area contributed by atoms with Crippen LogP contribution in [0.3, 0.4) is 0 Å². The van der Waals surface area contributed by atoms with E-state index in [1.54, 1.807) is 18.2 Å². The zero-order valence-corrected chi connectivity index (χ0v) is 8.46. The number of aromatic hydroxyl groups is 1. The second kappa shape index (κ2) is 3.10. The van der Waals surface area contributed by atoms with E-state index in [9.17, 15) is 10.3 Å². The molecule has 0 atom stereocenters. The van der Waals surface area contributed by atoms with Gasteiger partial charge in [0.1, 0.15) is 0 Å². The maximum absolute atomic E-state index is 10.0. The van der Waals surface area contributed by atoms with Gasteiger partial charge >= 0.3 is 5.52 Å². The third kappa shape index (κ3) is 1.11. The summed E-state index contributed by atoms with van der Waals surface area (Å²) in [5.41, 5.74) is 1.11. The molecule has 2 aromatic carbocycles. The van der Waals surface area contributed by atoms with Gasteiger partial charge in [-0.15, -0.1) is 0 Å². The number of para-hydroxylation sites is 2. The standard InChI is InChI=1S/C13H9NO2/c15-12-7-3-5-10-8-9-4-1-2-6-11(9)14(16)13(10)12/h1-8H,(H-,15,16)/p+1. The van der Waals surface area contributed by atoms with E-state index in [0.29, 0.717) is 11.0 Å². The van der Waals surface area contributed by atoms with Crippen LogP contribution in [0.1, 0.15) is 0 Å². The second-order valence-corrected chi connectivity index (χ2v) is 3.73. The van der Waals surface area contributed by atoms with Gasteiger partial charge in [-0.25, -0.2) is 0 Å². The van der Waals surface area contributed by atoms with Crippen molar-refractivity contribution >= 4 is 21.8 Å². The maximum atomic E-state index is 10.0. The first-order chi connectivity index (χ1) is 7.77. The molecule has 0 bridgehead atoms. The highest BCUT2D eigenvalue weighted by Gasteiger charge is 2.17. The average Bonchev–Trinajstić information content (AvgIpc) is 2.29. The minimum atomic E-state index is 0.0748. The van der Waals surface area contributed by atoms with Gasteiger partial charge in [0, 0.05) is 10.8 Å². The molecule has 0 spiro atoms. The third-order valence-corrected chi connectivity index (χ3v) is 2.73. The number of nitrogens with zero attached hydrogens (tertiary/aromatic N) is 1. The van der Waals surface area contributed by atoms with E-state index in [2.05, 4.69) is 0 Å². The van der Waals surface area contributed by atoms with Crippen LogP contribution in [0.15, 0.2) is 48.5 Å². The minimum absolute atomic E-state index is 0.0748. The average molecular weight is 212 g/mol. The monoisotopic (exact) mass is 212 g/mol. The zero-order valence-electron chi connectivity index (χ0n) is 8.46. The molecule has 16 heavy (non-hydrogen) atoms. The molecule has 0 saturated heterocycles. The quantitative estimate of drug-likeness (QED) is 0.341. The molecule has 1 aromatic heterocycles. The number of aromatic nitrogens is 1. The molecular formula is C13H10NO2+. The number of pyridine rings is 1. The first-order valence-electron chi connectivity index (χ1n) is 5.02. The van der Waals surface area contributed by atoms with Gasteiger partial charge in [0.15, 0.2) is 5.75 Å². The topological polar surface area (TPSA) is 44.3 Å². The predicted octanol–water partition coefficient (Wildman–Crippen LogP) is 2.22. The molecule has 0 aliphatic heterocycles. The van der Waals surface area contributed by atoms with Gasteiger partial charge in [0.2, 0.25) is 0 Å². The lowest BCUT2D eigenvalue weighted by Gasteiger charge is -1.99. The van der Waals surface area contributed by atoms with Crippen molar-refractivity contribution < 1.29 is 15.0 Å². The summed E-state index contributed by atoms with van der Waals surface area (Å²) in [5.74, 6) is 0.0748. The van der Waals surface area contributed by atoms with E-state index in [1.807, 2.05) is 30.3 Å². The Kier molecular flexibility index (Phi) is 1.74. The van der Waals surface area contributed by atoms with E-state index in [-0.39, 0.29) is 5.75 Å². The van der Waals surface area contributed by atoms with Gasteiger partial charge in [0.05, 0.1) is 10.8 Å². The lowest BCUT2D eigenvalue weighted by molar-refractivity contribution is -0.864. The Morgan fingerprint density at radius 2 is 1.62 bits per heavy atom. The number of fused-ring (bicyclic) bond motifs is 2. The summed E-state index contributed by atoms with van der Waals surface area (Å²) < 4.78 is 1.03.